The third-order valence-electron chi connectivity index (χ3n) is 3.65. The van der Waals surface area contributed by atoms with E-state index in [1.165, 1.54) is 0 Å². The first-order valence-electron chi connectivity index (χ1n) is 7.52. The van der Waals surface area contributed by atoms with Crippen LogP contribution in [-0.2, 0) is 13.1 Å². The van der Waals surface area contributed by atoms with Crippen molar-refractivity contribution in [3.63, 3.8) is 0 Å². The van der Waals surface area contributed by atoms with Crippen molar-refractivity contribution in [2.24, 2.45) is 4.99 Å². The van der Waals surface area contributed by atoms with E-state index >= 15 is 0 Å². The van der Waals surface area contributed by atoms with Gasteiger partial charge in [-0.1, -0.05) is 0 Å². The molecule has 0 saturated carbocycles. The van der Waals surface area contributed by atoms with Crippen LogP contribution in [0.15, 0.2) is 26.0 Å². The van der Waals surface area contributed by atoms with Gasteiger partial charge in [-0.25, -0.2) is 4.98 Å². The van der Waals surface area contributed by atoms with Gasteiger partial charge in [-0.15, -0.1) is 0 Å². The van der Waals surface area contributed by atoms with Gasteiger partial charge in [-0.2, -0.15) is 0 Å². The van der Waals surface area contributed by atoms with Crippen molar-refractivity contribution in [1.29, 1.82) is 0 Å². The molecule has 0 atom stereocenters. The molecule has 2 heterocycles. The van der Waals surface area contributed by atoms with E-state index < -0.39 is 0 Å². The minimum absolute atomic E-state index is 0.253. The molecule has 0 bridgehead atoms. The summed E-state index contributed by atoms with van der Waals surface area (Å²) >= 11 is 3.49. The zero-order chi connectivity index (χ0) is 17.1. The molecule has 1 aromatic heterocycles. The van der Waals surface area contributed by atoms with Crippen LogP contribution in [0.4, 0.5) is 0 Å². The number of rotatable bonds is 4. The highest BCUT2D eigenvalue weighted by Crippen LogP contribution is 2.39. The average Bonchev–Trinajstić information content (AvgIpc) is 3.15. The van der Waals surface area contributed by atoms with E-state index in [0.29, 0.717) is 24.9 Å². The number of guanidine groups is 1. The van der Waals surface area contributed by atoms with Crippen LogP contribution in [0.3, 0.4) is 0 Å². The quantitative estimate of drug-likeness (QED) is 0.612. The maximum absolute atomic E-state index is 5.55. The summed E-state index contributed by atoms with van der Waals surface area (Å²) in [6, 6.07) is 3.95. The van der Waals surface area contributed by atoms with Crippen LogP contribution in [0.2, 0.25) is 0 Å². The standard InChI is InChI=1S/C16H19BrN4O3/c1-9-10(2)24-14(21-9)7-20-16(18-3)19-6-11-4-12(17)15-13(5-11)22-8-23-15/h4-5H,6-8H2,1-3H3,(H2,18,19,20). The Balaban J connectivity index is 1.57. The molecule has 2 N–H and O–H groups in total. The number of hydrogen-bond acceptors (Lipinski definition) is 5. The van der Waals surface area contributed by atoms with Gasteiger partial charge in [0.2, 0.25) is 12.7 Å². The van der Waals surface area contributed by atoms with Crippen molar-refractivity contribution >= 4 is 21.9 Å². The number of ether oxygens (including phenoxy) is 2. The number of halogens is 1. The summed E-state index contributed by atoms with van der Waals surface area (Å²) in [7, 11) is 1.72. The van der Waals surface area contributed by atoms with Crippen LogP contribution >= 0.6 is 15.9 Å². The van der Waals surface area contributed by atoms with Gasteiger partial charge < -0.3 is 24.5 Å². The number of fused-ring (bicyclic) bond motifs is 1. The fraction of sp³-hybridized carbons (Fsp3) is 0.375. The molecule has 0 radical (unpaired) electrons. The minimum Gasteiger partial charge on any atom is -0.454 e. The number of aryl methyl sites for hydroxylation is 2. The van der Waals surface area contributed by atoms with E-state index in [2.05, 4.69) is 36.5 Å². The van der Waals surface area contributed by atoms with Crippen molar-refractivity contribution in [2.45, 2.75) is 26.9 Å². The number of aliphatic imine (C=N–C) groups is 1. The van der Waals surface area contributed by atoms with Gasteiger partial charge in [-0.3, -0.25) is 4.99 Å². The smallest absolute Gasteiger partial charge is 0.231 e. The summed E-state index contributed by atoms with van der Waals surface area (Å²) in [6.07, 6.45) is 0. The second-order valence-corrected chi connectivity index (χ2v) is 6.19. The van der Waals surface area contributed by atoms with Crippen LogP contribution in [0, 0.1) is 13.8 Å². The molecular formula is C16H19BrN4O3. The van der Waals surface area contributed by atoms with E-state index in [1.807, 2.05) is 26.0 Å². The van der Waals surface area contributed by atoms with Crippen LogP contribution in [0.1, 0.15) is 22.9 Å². The van der Waals surface area contributed by atoms with E-state index in [-0.39, 0.29) is 6.79 Å². The zero-order valence-electron chi connectivity index (χ0n) is 13.8. The minimum atomic E-state index is 0.253. The molecule has 1 aliphatic heterocycles. The lowest BCUT2D eigenvalue weighted by atomic mass is 10.2. The second kappa shape index (κ2) is 7.12. The largest absolute Gasteiger partial charge is 0.454 e. The first kappa shape index (κ1) is 16.6. The first-order valence-corrected chi connectivity index (χ1v) is 8.31. The Morgan fingerprint density at radius 1 is 1.25 bits per heavy atom. The summed E-state index contributed by atoms with van der Waals surface area (Å²) < 4.78 is 17.2. The highest BCUT2D eigenvalue weighted by atomic mass is 79.9. The molecule has 7 nitrogen and oxygen atoms in total. The van der Waals surface area contributed by atoms with E-state index in [0.717, 1.165) is 33.0 Å². The third-order valence-corrected chi connectivity index (χ3v) is 4.24. The first-order chi connectivity index (χ1) is 11.6. The van der Waals surface area contributed by atoms with Gasteiger partial charge in [-0.05, 0) is 47.5 Å². The zero-order valence-corrected chi connectivity index (χ0v) is 15.4. The van der Waals surface area contributed by atoms with Crippen molar-refractivity contribution in [1.82, 2.24) is 15.6 Å². The van der Waals surface area contributed by atoms with Crippen molar-refractivity contribution in [3.8, 4) is 11.5 Å². The van der Waals surface area contributed by atoms with Crippen molar-refractivity contribution in [2.75, 3.05) is 13.8 Å². The number of hydrogen-bond donors (Lipinski definition) is 2. The fourth-order valence-corrected chi connectivity index (χ4v) is 2.91. The molecule has 24 heavy (non-hydrogen) atoms. The highest BCUT2D eigenvalue weighted by molar-refractivity contribution is 9.10. The Morgan fingerprint density at radius 3 is 2.75 bits per heavy atom. The van der Waals surface area contributed by atoms with Gasteiger partial charge >= 0.3 is 0 Å². The highest BCUT2D eigenvalue weighted by Gasteiger charge is 2.18. The predicted molar refractivity (Wildman–Crippen MR) is 93.3 cm³/mol. The Labute approximate surface area is 148 Å². The van der Waals surface area contributed by atoms with Crippen molar-refractivity contribution in [3.05, 3.63) is 39.5 Å². The number of nitrogens with one attached hydrogen (secondary N) is 2. The molecule has 2 aromatic rings. The number of benzene rings is 1. The molecule has 0 spiro atoms. The molecule has 0 aliphatic carbocycles. The molecule has 0 saturated heterocycles. The SMILES string of the molecule is CN=C(NCc1cc(Br)c2c(c1)OCO2)NCc1nc(C)c(C)o1. The number of nitrogens with zero attached hydrogens (tertiary/aromatic N) is 2. The summed E-state index contributed by atoms with van der Waals surface area (Å²) in [5.74, 6) is 3.63. The molecule has 0 fully saturated rings. The molecule has 0 amide bonds. The molecular weight excluding hydrogens is 376 g/mol. The molecule has 128 valence electrons. The van der Waals surface area contributed by atoms with Gasteiger partial charge in [0.15, 0.2) is 17.5 Å². The van der Waals surface area contributed by atoms with Gasteiger partial charge in [0.25, 0.3) is 0 Å². The van der Waals surface area contributed by atoms with Gasteiger partial charge in [0.05, 0.1) is 16.7 Å². The maximum Gasteiger partial charge on any atom is 0.231 e. The van der Waals surface area contributed by atoms with E-state index in [1.54, 1.807) is 7.05 Å². The molecule has 1 aliphatic rings. The summed E-state index contributed by atoms with van der Waals surface area (Å²) in [5.41, 5.74) is 1.96. The van der Waals surface area contributed by atoms with E-state index in [4.69, 9.17) is 13.9 Å². The fourth-order valence-electron chi connectivity index (χ4n) is 2.30. The molecule has 3 rings (SSSR count). The number of oxazole rings is 1. The van der Waals surface area contributed by atoms with Crippen LogP contribution < -0.4 is 20.1 Å². The molecule has 1 aromatic carbocycles. The Bertz CT molecular complexity index is 753. The Morgan fingerprint density at radius 2 is 2.04 bits per heavy atom. The summed E-state index contributed by atoms with van der Waals surface area (Å²) in [6.45, 7) is 5.14. The molecule has 0 unspecified atom stereocenters. The maximum atomic E-state index is 5.55. The third kappa shape index (κ3) is 3.64. The monoisotopic (exact) mass is 394 g/mol. The summed E-state index contributed by atoms with van der Waals surface area (Å²) in [5, 5.41) is 6.43. The summed E-state index contributed by atoms with van der Waals surface area (Å²) in [4.78, 5) is 8.54. The Kier molecular flexibility index (Phi) is 4.94. The van der Waals surface area contributed by atoms with Crippen LogP contribution in [0.5, 0.6) is 11.5 Å². The topological polar surface area (TPSA) is 80.9 Å². The molecule has 8 heteroatoms. The lowest BCUT2D eigenvalue weighted by Crippen LogP contribution is -2.36. The normalized spacial score (nSPS) is 13.2. The van der Waals surface area contributed by atoms with Gasteiger partial charge in [0, 0.05) is 13.6 Å². The van der Waals surface area contributed by atoms with Gasteiger partial charge in [0.1, 0.15) is 5.76 Å². The van der Waals surface area contributed by atoms with E-state index in [9.17, 15) is 0 Å². The lowest BCUT2D eigenvalue weighted by molar-refractivity contribution is 0.173. The Hall–Kier alpha value is -2.22. The van der Waals surface area contributed by atoms with Crippen LogP contribution in [-0.4, -0.2) is 24.8 Å². The predicted octanol–water partition coefficient (Wildman–Crippen LogP) is 2.65. The lowest BCUT2D eigenvalue weighted by Gasteiger charge is -2.11. The second-order valence-electron chi connectivity index (χ2n) is 5.34. The number of aromatic nitrogens is 1. The van der Waals surface area contributed by atoms with Crippen molar-refractivity contribution < 1.29 is 13.9 Å². The van der Waals surface area contributed by atoms with Crippen LogP contribution in [0.25, 0.3) is 0 Å². The average molecular weight is 395 g/mol.